The van der Waals surface area contributed by atoms with E-state index in [0.717, 1.165) is 28.9 Å². The molecule has 0 aliphatic rings. The smallest absolute Gasteiger partial charge is 0.253 e. The summed E-state index contributed by atoms with van der Waals surface area (Å²) >= 11 is 1.77. The molecule has 0 spiro atoms. The molecule has 1 aromatic heterocycles. The van der Waals surface area contributed by atoms with E-state index < -0.39 is 5.41 Å². The largest absolute Gasteiger partial charge is 0.486 e. The first-order valence-electron chi connectivity index (χ1n) is 12.0. The standard InChI is InChI=1S/C29H37NO3S/c1-9-29(10-2,22-13-14-23(19(3)15-22)33-18-25(31)28(4,5)6)26-17-20-11-12-21(16-24(20)34-26)27(32)30(7)8/h11-17H,9-10,18H2,1-8H3. The summed E-state index contributed by atoms with van der Waals surface area (Å²) < 4.78 is 7.02. The summed E-state index contributed by atoms with van der Waals surface area (Å²) in [4.78, 5) is 27.7. The lowest BCUT2D eigenvalue weighted by atomic mass is 9.74. The van der Waals surface area contributed by atoms with Gasteiger partial charge in [-0.2, -0.15) is 0 Å². The van der Waals surface area contributed by atoms with Crippen molar-refractivity contribution in [3.63, 3.8) is 0 Å². The van der Waals surface area contributed by atoms with Crippen LogP contribution in [-0.4, -0.2) is 37.3 Å². The van der Waals surface area contributed by atoms with Gasteiger partial charge in [0.2, 0.25) is 0 Å². The quantitative estimate of drug-likeness (QED) is 0.349. The topological polar surface area (TPSA) is 46.6 Å². The molecule has 4 nitrogen and oxygen atoms in total. The maximum atomic E-state index is 12.4. The summed E-state index contributed by atoms with van der Waals surface area (Å²) in [5.74, 6) is 0.862. The number of carbonyl (C=O) groups is 2. The van der Waals surface area contributed by atoms with Gasteiger partial charge in [0.25, 0.3) is 5.91 Å². The molecule has 3 rings (SSSR count). The fourth-order valence-corrected chi connectivity index (χ4v) is 5.73. The molecule has 0 atom stereocenters. The summed E-state index contributed by atoms with van der Waals surface area (Å²) in [6.45, 7) is 12.3. The van der Waals surface area contributed by atoms with E-state index in [1.54, 1.807) is 30.3 Å². The van der Waals surface area contributed by atoms with Crippen LogP contribution in [0.15, 0.2) is 42.5 Å². The second kappa shape index (κ2) is 9.91. The van der Waals surface area contributed by atoms with E-state index in [9.17, 15) is 9.59 Å². The van der Waals surface area contributed by atoms with Crippen molar-refractivity contribution >= 4 is 33.1 Å². The molecule has 1 heterocycles. The molecule has 182 valence electrons. The van der Waals surface area contributed by atoms with E-state index in [2.05, 4.69) is 38.1 Å². The summed E-state index contributed by atoms with van der Waals surface area (Å²) in [6, 6.07) is 14.6. The number of ether oxygens (including phenoxy) is 1. The van der Waals surface area contributed by atoms with Gasteiger partial charge in [-0.15, -0.1) is 11.3 Å². The molecule has 0 aliphatic heterocycles. The van der Waals surface area contributed by atoms with Crippen LogP contribution in [0.25, 0.3) is 10.1 Å². The molecule has 0 bridgehead atoms. The van der Waals surface area contributed by atoms with E-state index in [4.69, 9.17) is 4.74 Å². The molecule has 0 saturated carbocycles. The highest BCUT2D eigenvalue weighted by Gasteiger charge is 2.33. The Morgan fingerprint density at radius 3 is 2.21 bits per heavy atom. The van der Waals surface area contributed by atoms with Crippen LogP contribution in [0.3, 0.4) is 0 Å². The molecule has 2 aromatic carbocycles. The number of ketones is 1. The summed E-state index contributed by atoms with van der Waals surface area (Å²) in [6.07, 6.45) is 1.92. The van der Waals surface area contributed by atoms with E-state index in [0.29, 0.717) is 5.56 Å². The van der Waals surface area contributed by atoms with Gasteiger partial charge in [0, 0.05) is 40.1 Å². The zero-order chi connectivity index (χ0) is 25.3. The van der Waals surface area contributed by atoms with Crippen molar-refractivity contribution in [2.24, 2.45) is 5.41 Å². The van der Waals surface area contributed by atoms with Crippen LogP contribution >= 0.6 is 11.3 Å². The van der Waals surface area contributed by atoms with Crippen LogP contribution < -0.4 is 4.74 Å². The Morgan fingerprint density at radius 1 is 0.971 bits per heavy atom. The van der Waals surface area contributed by atoms with Gasteiger partial charge in [0.05, 0.1) is 0 Å². The van der Waals surface area contributed by atoms with Gasteiger partial charge in [0.15, 0.2) is 5.78 Å². The Morgan fingerprint density at radius 2 is 1.65 bits per heavy atom. The molecule has 0 saturated heterocycles. The van der Waals surface area contributed by atoms with Crippen molar-refractivity contribution < 1.29 is 14.3 Å². The zero-order valence-electron chi connectivity index (χ0n) is 21.7. The fourth-order valence-electron chi connectivity index (χ4n) is 4.28. The summed E-state index contributed by atoms with van der Waals surface area (Å²) in [5.41, 5.74) is 2.46. The minimum atomic E-state index is -0.411. The Bertz CT molecular complexity index is 1200. The summed E-state index contributed by atoms with van der Waals surface area (Å²) in [5, 5.41) is 1.17. The number of thiophene rings is 1. The van der Waals surface area contributed by atoms with Crippen molar-refractivity contribution in [3.05, 3.63) is 64.0 Å². The Hall–Kier alpha value is -2.66. The van der Waals surface area contributed by atoms with Crippen molar-refractivity contribution in [2.45, 2.75) is 59.8 Å². The molecular weight excluding hydrogens is 442 g/mol. The minimum Gasteiger partial charge on any atom is -0.486 e. The second-order valence-corrected chi connectivity index (χ2v) is 11.4. The van der Waals surface area contributed by atoms with Crippen LogP contribution in [0.4, 0.5) is 0 Å². The Kier molecular flexibility index (Phi) is 7.56. The molecule has 0 radical (unpaired) electrons. The molecule has 34 heavy (non-hydrogen) atoms. The third-order valence-electron chi connectivity index (χ3n) is 6.77. The molecular formula is C29H37NO3S. The normalized spacial score (nSPS) is 12.1. The van der Waals surface area contributed by atoms with Gasteiger partial charge in [0.1, 0.15) is 12.4 Å². The van der Waals surface area contributed by atoms with Gasteiger partial charge >= 0.3 is 0 Å². The third-order valence-corrected chi connectivity index (χ3v) is 8.08. The van der Waals surface area contributed by atoms with Gasteiger partial charge in [-0.05, 0) is 60.5 Å². The number of amides is 1. The predicted molar refractivity (Wildman–Crippen MR) is 142 cm³/mol. The molecule has 3 aromatic rings. The number of hydrogen-bond acceptors (Lipinski definition) is 4. The highest BCUT2D eigenvalue weighted by atomic mass is 32.1. The van der Waals surface area contributed by atoms with Crippen LogP contribution in [0.1, 0.15) is 73.8 Å². The minimum absolute atomic E-state index is 0.0188. The highest BCUT2D eigenvalue weighted by molar-refractivity contribution is 7.19. The first kappa shape index (κ1) is 26.0. The average Bonchev–Trinajstić information content (AvgIpc) is 3.22. The van der Waals surface area contributed by atoms with Crippen LogP contribution in [0.2, 0.25) is 0 Å². The lowest BCUT2D eigenvalue weighted by molar-refractivity contribution is -0.128. The SMILES string of the molecule is CCC(CC)(c1ccc(OCC(=O)C(C)(C)C)c(C)c1)c1cc2ccc(C(=O)N(C)C)cc2s1. The monoisotopic (exact) mass is 479 g/mol. The second-order valence-electron chi connectivity index (χ2n) is 10.3. The van der Waals surface area contributed by atoms with Crippen molar-refractivity contribution in [2.75, 3.05) is 20.7 Å². The van der Waals surface area contributed by atoms with E-state index in [1.165, 1.54) is 15.8 Å². The van der Waals surface area contributed by atoms with Gasteiger partial charge in [-0.3, -0.25) is 9.59 Å². The average molecular weight is 480 g/mol. The Labute approximate surface area is 207 Å². The summed E-state index contributed by atoms with van der Waals surface area (Å²) in [7, 11) is 3.56. The number of hydrogen-bond donors (Lipinski definition) is 0. The Balaban J connectivity index is 1.97. The van der Waals surface area contributed by atoms with Crippen LogP contribution in [-0.2, 0) is 10.2 Å². The maximum Gasteiger partial charge on any atom is 0.253 e. The number of benzene rings is 2. The van der Waals surface area contributed by atoms with Gasteiger partial charge < -0.3 is 9.64 Å². The van der Waals surface area contributed by atoms with E-state index >= 15 is 0 Å². The number of Topliss-reactive ketones (excluding diaryl/α,β-unsaturated/α-hetero) is 1. The van der Waals surface area contributed by atoms with Crippen LogP contribution in [0.5, 0.6) is 5.75 Å². The molecule has 0 aliphatic carbocycles. The number of nitrogens with zero attached hydrogens (tertiary/aromatic N) is 1. The lowest BCUT2D eigenvalue weighted by Gasteiger charge is -2.32. The van der Waals surface area contributed by atoms with Gasteiger partial charge in [-0.25, -0.2) is 0 Å². The van der Waals surface area contributed by atoms with Crippen molar-refractivity contribution in [1.82, 2.24) is 4.90 Å². The van der Waals surface area contributed by atoms with Crippen LogP contribution in [0, 0.1) is 12.3 Å². The molecule has 0 N–H and O–H groups in total. The van der Waals surface area contributed by atoms with Crippen molar-refractivity contribution in [3.8, 4) is 5.75 Å². The number of aryl methyl sites for hydroxylation is 1. The first-order valence-corrected chi connectivity index (χ1v) is 12.8. The number of rotatable bonds is 8. The van der Waals surface area contributed by atoms with Gasteiger partial charge in [-0.1, -0.05) is 52.8 Å². The van der Waals surface area contributed by atoms with E-state index in [-0.39, 0.29) is 23.7 Å². The predicted octanol–water partition coefficient (Wildman–Crippen LogP) is 7.01. The number of fused-ring (bicyclic) bond motifs is 1. The highest BCUT2D eigenvalue weighted by Crippen LogP contribution is 2.45. The maximum absolute atomic E-state index is 12.4. The number of carbonyl (C=O) groups excluding carboxylic acids is 2. The molecule has 5 heteroatoms. The first-order chi connectivity index (χ1) is 15.9. The van der Waals surface area contributed by atoms with E-state index in [1.807, 2.05) is 45.9 Å². The van der Waals surface area contributed by atoms with Crippen molar-refractivity contribution in [1.29, 1.82) is 0 Å². The lowest BCUT2D eigenvalue weighted by Crippen LogP contribution is -2.27. The molecule has 1 amide bonds. The zero-order valence-corrected chi connectivity index (χ0v) is 22.6. The third kappa shape index (κ3) is 5.05. The molecule has 0 unspecified atom stereocenters. The molecule has 0 fully saturated rings. The fraction of sp³-hybridized carbons (Fsp3) is 0.448.